The molecule has 2 rings (SSSR count). The van der Waals surface area contributed by atoms with E-state index in [4.69, 9.17) is 0 Å². The van der Waals surface area contributed by atoms with Crippen LogP contribution in [0.2, 0.25) is 0 Å². The Morgan fingerprint density at radius 3 is 2.25 bits per heavy atom. The number of hydrogen-bond acceptors (Lipinski definition) is 3. The van der Waals surface area contributed by atoms with Gasteiger partial charge < -0.3 is 10.4 Å². The van der Waals surface area contributed by atoms with Crippen LogP contribution < -0.4 is 5.32 Å². The molecule has 0 radical (unpaired) electrons. The fourth-order valence-electron chi connectivity index (χ4n) is 1.90. The normalized spacial score (nSPS) is 13.9. The van der Waals surface area contributed by atoms with Crippen LogP contribution in [-0.4, -0.2) is 23.4 Å². The SMILES string of the molecule is CC(CSc1ccccc1)NCC(O)c1ccccc1. The standard InChI is InChI=1S/C17H21NOS/c1-14(13-20-16-10-6-3-7-11-16)18-12-17(19)15-8-4-2-5-9-15/h2-11,14,17-19H,12-13H2,1H3. The molecule has 2 unspecified atom stereocenters. The average Bonchev–Trinajstić information content (AvgIpc) is 2.52. The molecule has 0 amide bonds. The molecule has 0 saturated heterocycles. The summed E-state index contributed by atoms with van der Waals surface area (Å²) in [7, 11) is 0. The van der Waals surface area contributed by atoms with E-state index >= 15 is 0 Å². The molecule has 20 heavy (non-hydrogen) atoms. The minimum absolute atomic E-state index is 0.360. The predicted octanol–water partition coefficient (Wildman–Crippen LogP) is 3.49. The van der Waals surface area contributed by atoms with E-state index in [1.54, 1.807) is 0 Å². The lowest BCUT2D eigenvalue weighted by atomic mass is 10.1. The van der Waals surface area contributed by atoms with Gasteiger partial charge in [0, 0.05) is 23.2 Å². The van der Waals surface area contributed by atoms with Crippen LogP contribution in [0, 0.1) is 0 Å². The number of thioether (sulfide) groups is 1. The Bertz CT molecular complexity index is 489. The van der Waals surface area contributed by atoms with Crippen LogP contribution in [0.5, 0.6) is 0 Å². The Kier molecular flexibility index (Phi) is 6.12. The first-order chi connectivity index (χ1) is 9.75. The molecule has 106 valence electrons. The molecule has 0 heterocycles. The smallest absolute Gasteiger partial charge is 0.0914 e. The fourth-order valence-corrected chi connectivity index (χ4v) is 2.81. The van der Waals surface area contributed by atoms with Crippen molar-refractivity contribution in [2.45, 2.75) is 24.0 Å². The van der Waals surface area contributed by atoms with E-state index in [1.165, 1.54) is 4.90 Å². The number of rotatable bonds is 7. The first-order valence-corrected chi connectivity index (χ1v) is 7.88. The van der Waals surface area contributed by atoms with Crippen LogP contribution in [0.25, 0.3) is 0 Å². The Labute approximate surface area is 125 Å². The lowest BCUT2D eigenvalue weighted by Crippen LogP contribution is -2.32. The Hall–Kier alpha value is -1.29. The summed E-state index contributed by atoms with van der Waals surface area (Å²) in [4.78, 5) is 1.28. The largest absolute Gasteiger partial charge is 0.387 e. The number of nitrogens with one attached hydrogen (secondary N) is 1. The highest BCUT2D eigenvalue weighted by Crippen LogP contribution is 2.18. The van der Waals surface area contributed by atoms with Crippen molar-refractivity contribution in [3.63, 3.8) is 0 Å². The molecule has 0 bridgehead atoms. The van der Waals surface area contributed by atoms with E-state index in [1.807, 2.05) is 48.2 Å². The summed E-state index contributed by atoms with van der Waals surface area (Å²) in [6.07, 6.45) is -0.444. The molecule has 0 saturated carbocycles. The highest BCUT2D eigenvalue weighted by molar-refractivity contribution is 7.99. The Morgan fingerprint density at radius 1 is 1.00 bits per heavy atom. The lowest BCUT2D eigenvalue weighted by molar-refractivity contribution is 0.172. The second kappa shape index (κ2) is 8.10. The van der Waals surface area contributed by atoms with Crippen LogP contribution in [0.15, 0.2) is 65.6 Å². The first-order valence-electron chi connectivity index (χ1n) is 6.90. The number of benzene rings is 2. The summed E-state index contributed by atoms with van der Waals surface area (Å²) in [5.74, 6) is 0.992. The van der Waals surface area contributed by atoms with Gasteiger partial charge in [0.25, 0.3) is 0 Å². The zero-order chi connectivity index (χ0) is 14.2. The number of hydrogen-bond donors (Lipinski definition) is 2. The fraction of sp³-hybridized carbons (Fsp3) is 0.294. The van der Waals surface area contributed by atoms with E-state index in [2.05, 4.69) is 36.5 Å². The average molecular weight is 287 g/mol. The van der Waals surface area contributed by atoms with Crippen molar-refractivity contribution < 1.29 is 5.11 Å². The highest BCUT2D eigenvalue weighted by atomic mass is 32.2. The minimum atomic E-state index is -0.444. The van der Waals surface area contributed by atoms with Gasteiger partial charge in [-0.05, 0) is 24.6 Å². The number of aliphatic hydroxyl groups is 1. The van der Waals surface area contributed by atoms with Crippen LogP contribution in [0.4, 0.5) is 0 Å². The van der Waals surface area contributed by atoms with Gasteiger partial charge in [-0.2, -0.15) is 0 Å². The Morgan fingerprint density at radius 2 is 1.60 bits per heavy atom. The van der Waals surface area contributed by atoms with Crippen molar-refractivity contribution in [2.24, 2.45) is 0 Å². The minimum Gasteiger partial charge on any atom is -0.387 e. The topological polar surface area (TPSA) is 32.3 Å². The molecule has 0 aliphatic heterocycles. The van der Waals surface area contributed by atoms with Crippen molar-refractivity contribution in [1.29, 1.82) is 0 Å². The summed E-state index contributed by atoms with van der Waals surface area (Å²) in [5.41, 5.74) is 0.961. The summed E-state index contributed by atoms with van der Waals surface area (Å²) in [5, 5.41) is 13.5. The molecule has 3 heteroatoms. The third kappa shape index (κ3) is 5.00. The second-order valence-electron chi connectivity index (χ2n) is 4.86. The van der Waals surface area contributed by atoms with Gasteiger partial charge in [-0.3, -0.25) is 0 Å². The molecule has 2 N–H and O–H groups in total. The van der Waals surface area contributed by atoms with E-state index in [-0.39, 0.29) is 0 Å². The van der Waals surface area contributed by atoms with Gasteiger partial charge in [0.1, 0.15) is 0 Å². The third-order valence-corrected chi connectivity index (χ3v) is 4.36. The van der Waals surface area contributed by atoms with Crippen molar-refractivity contribution in [3.05, 3.63) is 66.2 Å². The van der Waals surface area contributed by atoms with Gasteiger partial charge in [-0.15, -0.1) is 11.8 Å². The molecule has 2 atom stereocenters. The van der Waals surface area contributed by atoms with E-state index in [9.17, 15) is 5.11 Å². The maximum atomic E-state index is 10.1. The quantitative estimate of drug-likeness (QED) is 0.765. The molecule has 0 spiro atoms. The molecule has 2 aromatic rings. The van der Waals surface area contributed by atoms with Crippen molar-refractivity contribution in [3.8, 4) is 0 Å². The van der Waals surface area contributed by atoms with E-state index < -0.39 is 6.10 Å². The third-order valence-electron chi connectivity index (χ3n) is 3.09. The van der Waals surface area contributed by atoms with Crippen molar-refractivity contribution >= 4 is 11.8 Å². The second-order valence-corrected chi connectivity index (χ2v) is 5.95. The summed E-state index contributed by atoms with van der Waals surface area (Å²) in [6.45, 7) is 2.73. The lowest BCUT2D eigenvalue weighted by Gasteiger charge is -2.17. The Balaban J connectivity index is 1.71. The van der Waals surface area contributed by atoms with Gasteiger partial charge in [0.2, 0.25) is 0 Å². The zero-order valence-corrected chi connectivity index (χ0v) is 12.5. The van der Waals surface area contributed by atoms with Gasteiger partial charge in [-0.1, -0.05) is 48.5 Å². The number of aliphatic hydroxyl groups excluding tert-OH is 1. The van der Waals surface area contributed by atoms with Gasteiger partial charge in [0.15, 0.2) is 0 Å². The molecule has 0 aliphatic carbocycles. The zero-order valence-electron chi connectivity index (χ0n) is 11.7. The van der Waals surface area contributed by atoms with E-state index in [0.29, 0.717) is 12.6 Å². The van der Waals surface area contributed by atoms with Crippen LogP contribution in [0.1, 0.15) is 18.6 Å². The maximum absolute atomic E-state index is 10.1. The van der Waals surface area contributed by atoms with Gasteiger partial charge in [0.05, 0.1) is 6.10 Å². The maximum Gasteiger partial charge on any atom is 0.0914 e. The van der Waals surface area contributed by atoms with Gasteiger partial charge >= 0.3 is 0 Å². The van der Waals surface area contributed by atoms with Crippen LogP contribution in [-0.2, 0) is 0 Å². The summed E-state index contributed by atoms with van der Waals surface area (Å²) in [6, 6.07) is 20.5. The van der Waals surface area contributed by atoms with Gasteiger partial charge in [-0.25, -0.2) is 0 Å². The molecular formula is C17H21NOS. The molecular weight excluding hydrogens is 266 g/mol. The molecule has 0 aliphatic rings. The molecule has 0 fully saturated rings. The summed E-state index contributed by atoms with van der Waals surface area (Å²) < 4.78 is 0. The van der Waals surface area contributed by atoms with E-state index in [0.717, 1.165) is 11.3 Å². The highest BCUT2D eigenvalue weighted by Gasteiger charge is 2.09. The molecule has 2 aromatic carbocycles. The van der Waals surface area contributed by atoms with Crippen molar-refractivity contribution in [2.75, 3.05) is 12.3 Å². The molecule has 2 nitrogen and oxygen atoms in total. The summed E-state index contributed by atoms with van der Waals surface area (Å²) >= 11 is 1.83. The monoisotopic (exact) mass is 287 g/mol. The first kappa shape index (κ1) is 15.1. The predicted molar refractivity (Wildman–Crippen MR) is 86.0 cm³/mol. The van der Waals surface area contributed by atoms with Crippen LogP contribution >= 0.6 is 11.8 Å². The molecule has 0 aromatic heterocycles. The van der Waals surface area contributed by atoms with Crippen LogP contribution in [0.3, 0.4) is 0 Å². The van der Waals surface area contributed by atoms with Crippen molar-refractivity contribution in [1.82, 2.24) is 5.32 Å².